The van der Waals surface area contributed by atoms with E-state index in [0.717, 1.165) is 143 Å². The summed E-state index contributed by atoms with van der Waals surface area (Å²) in [4.78, 5) is 85.2. The number of Topliss-reactive ketones (excluding diaryl/α,β-unsaturated/α-hetero) is 5. The third-order valence-electron chi connectivity index (χ3n) is 18.8. The number of hydrogen-bond acceptors (Lipinski definition) is 19. The van der Waals surface area contributed by atoms with Crippen LogP contribution in [0.5, 0.6) is 5.75 Å². The van der Waals surface area contributed by atoms with Crippen molar-refractivity contribution in [3.8, 4) is 5.75 Å². The Kier molecular flexibility index (Phi) is 27.3. The van der Waals surface area contributed by atoms with Crippen molar-refractivity contribution in [2.45, 2.75) is 207 Å². The van der Waals surface area contributed by atoms with Gasteiger partial charge < -0.3 is 31.3 Å². The molecule has 4 aliphatic carbocycles. The van der Waals surface area contributed by atoms with Crippen molar-refractivity contribution < 1.29 is 33.5 Å². The minimum atomic E-state index is -0.240. The second-order valence-corrected chi connectivity index (χ2v) is 36.5. The van der Waals surface area contributed by atoms with Gasteiger partial charge in [-0.2, -0.15) is 0 Å². The van der Waals surface area contributed by atoms with Gasteiger partial charge in [0.05, 0.1) is 28.5 Å². The van der Waals surface area contributed by atoms with Crippen LogP contribution in [-0.2, 0) is 19.2 Å². The van der Waals surface area contributed by atoms with E-state index in [9.17, 15) is 33.5 Å². The van der Waals surface area contributed by atoms with Crippen LogP contribution >= 0.6 is 47.0 Å². The number of carbonyl (C=O) groups is 5. The summed E-state index contributed by atoms with van der Waals surface area (Å²) in [7, 11) is 0. The lowest BCUT2D eigenvalue weighted by Crippen LogP contribution is -2.33. The fraction of sp³-hybridized carbons (Fsp3) is 0.506. The van der Waals surface area contributed by atoms with E-state index in [1.807, 2.05) is 60.7 Å². The zero-order chi connectivity index (χ0) is 74.2. The fourth-order valence-electron chi connectivity index (χ4n) is 13.7. The topological polar surface area (TPSA) is 206 Å². The highest BCUT2D eigenvalue weighted by Gasteiger charge is 2.40. The highest BCUT2D eigenvalue weighted by atomic mass is 32.2. The van der Waals surface area contributed by atoms with Gasteiger partial charge in [-0.1, -0.05) is 102 Å². The van der Waals surface area contributed by atoms with E-state index in [4.69, 9.17) is 20.0 Å². The first kappa shape index (κ1) is 81.7. The SMILES string of the molecule is C.CC(=O)C1CSC2=C(Nc3ccc(C(=O)CC(C)(C)C)cc3)CC(C)(C)CC2=N1.CC(=O)C1CSC2=C(Nc3ccc(F)cc3)CC(C)(C)CC2=N1.CC(=O)C1CSC2=C(Nc3ccccc3)CC(C)(C)CC2=N1.CCN(CC)c1ccc(NC2=C3SCC(C(C)=O)N=C3CC(C)(C)C2)c(O)c1. The molecule has 103 heavy (non-hydrogen) atoms. The van der Waals surface area contributed by atoms with Crippen LogP contribution in [-0.4, -0.2) is 117 Å². The number of phenolic OH excluding ortho intramolecular Hbond substituents is 1. The van der Waals surface area contributed by atoms with Crippen molar-refractivity contribution >= 4 is 127 Å². The van der Waals surface area contributed by atoms with Gasteiger partial charge in [0.2, 0.25) is 0 Å². The highest BCUT2D eigenvalue weighted by molar-refractivity contribution is 8.05. The Morgan fingerprint density at radius 1 is 0.476 bits per heavy atom. The molecule has 8 aliphatic rings. The second-order valence-electron chi connectivity index (χ2n) is 32.3. The second kappa shape index (κ2) is 34.5. The quantitative estimate of drug-likeness (QED) is 0.0492. The number of nitrogens with zero attached hydrogens (tertiary/aromatic N) is 5. The number of aromatic hydroxyl groups is 1. The lowest BCUT2D eigenvalue weighted by Gasteiger charge is -2.37. The van der Waals surface area contributed by atoms with Crippen LogP contribution in [0.2, 0.25) is 0 Å². The maximum Gasteiger partial charge on any atom is 0.163 e. The Morgan fingerprint density at radius 3 is 1.11 bits per heavy atom. The van der Waals surface area contributed by atoms with Crippen LogP contribution in [0.25, 0.3) is 0 Å². The molecule has 12 rings (SSSR count). The summed E-state index contributed by atoms with van der Waals surface area (Å²) in [6.45, 7) is 36.6. The smallest absolute Gasteiger partial charge is 0.163 e. The first-order chi connectivity index (χ1) is 48.0. The van der Waals surface area contributed by atoms with E-state index in [-0.39, 0.29) is 99.2 Å². The number of aliphatic imine (C=N–C) groups is 4. The molecule has 5 N–H and O–H groups in total. The van der Waals surface area contributed by atoms with Crippen molar-refractivity contribution in [1.29, 1.82) is 0 Å². The number of phenols is 1. The van der Waals surface area contributed by atoms with Crippen LogP contribution in [0.4, 0.5) is 32.8 Å². The van der Waals surface area contributed by atoms with Gasteiger partial charge in [-0.05, 0) is 193 Å². The number of allylic oxidation sites excluding steroid dienone is 8. The molecule has 0 fully saturated rings. The van der Waals surface area contributed by atoms with Gasteiger partial charge in [0, 0.05) is 119 Å². The summed E-state index contributed by atoms with van der Waals surface area (Å²) >= 11 is 6.93. The normalized spacial score (nSPS) is 21.9. The van der Waals surface area contributed by atoms with Gasteiger partial charge in [0.1, 0.15) is 35.7 Å². The van der Waals surface area contributed by atoms with Gasteiger partial charge in [-0.15, -0.1) is 47.0 Å². The third-order valence-corrected chi connectivity index (χ3v) is 23.8. The zero-order valence-electron chi connectivity index (χ0n) is 62.9. The van der Waals surface area contributed by atoms with E-state index in [0.29, 0.717) is 29.4 Å². The Bertz CT molecular complexity index is 4080. The fourth-order valence-corrected chi connectivity index (χ4v) is 18.6. The molecule has 0 radical (unpaired) electrons. The van der Waals surface area contributed by atoms with Crippen LogP contribution in [0, 0.1) is 32.9 Å². The van der Waals surface area contributed by atoms with E-state index in [1.54, 1.807) is 86.9 Å². The highest BCUT2D eigenvalue weighted by Crippen LogP contribution is 2.49. The number of benzene rings is 4. The molecule has 554 valence electrons. The molecule has 4 unspecified atom stereocenters. The van der Waals surface area contributed by atoms with E-state index >= 15 is 0 Å². The van der Waals surface area contributed by atoms with Gasteiger partial charge in [-0.25, -0.2) is 4.39 Å². The van der Waals surface area contributed by atoms with Gasteiger partial charge in [-0.3, -0.25) is 43.9 Å². The molecule has 0 saturated carbocycles. The number of para-hydroxylation sites is 1. The lowest BCUT2D eigenvalue weighted by molar-refractivity contribution is -0.118. The van der Waals surface area contributed by atoms with Crippen LogP contribution in [0.15, 0.2) is 159 Å². The minimum Gasteiger partial charge on any atom is -0.506 e. The zero-order valence-corrected chi connectivity index (χ0v) is 66.2. The van der Waals surface area contributed by atoms with Crippen LogP contribution in [0.1, 0.15) is 193 Å². The van der Waals surface area contributed by atoms with Crippen LogP contribution in [0.3, 0.4) is 0 Å². The summed E-state index contributed by atoms with van der Waals surface area (Å²) in [5.41, 5.74) is 14.7. The molecule has 4 aromatic rings. The molecule has 0 amide bonds. The molecule has 0 bridgehead atoms. The monoisotopic (exact) mass is 1480 g/mol. The molecular weight excluding hydrogens is 1370 g/mol. The summed E-state index contributed by atoms with van der Waals surface area (Å²) < 4.78 is 13.1. The lowest BCUT2D eigenvalue weighted by atomic mass is 9.78. The number of hydrogen-bond donors (Lipinski definition) is 5. The largest absolute Gasteiger partial charge is 0.506 e. The average molecular weight is 1480 g/mol. The number of anilines is 5. The maximum absolute atomic E-state index is 13.1. The number of rotatable bonds is 17. The molecule has 15 nitrogen and oxygen atoms in total. The molecule has 20 heteroatoms. The molecule has 0 saturated heterocycles. The predicted octanol–water partition coefficient (Wildman–Crippen LogP) is 20.0. The molecule has 4 aliphatic heterocycles. The molecular formula is C83H110FN9O6S4. The molecule has 4 aromatic carbocycles. The van der Waals surface area contributed by atoms with Gasteiger partial charge in [0.25, 0.3) is 0 Å². The van der Waals surface area contributed by atoms with Crippen LogP contribution < -0.4 is 26.2 Å². The number of thioether (sulfide) groups is 4. The third kappa shape index (κ3) is 22.5. The first-order valence-electron chi connectivity index (χ1n) is 35.8. The van der Waals surface area contributed by atoms with Gasteiger partial charge in [0.15, 0.2) is 28.9 Å². The summed E-state index contributed by atoms with van der Waals surface area (Å²) in [6.07, 6.45) is 7.87. The number of carbonyl (C=O) groups excluding carboxylic acids is 5. The molecule has 4 atom stereocenters. The molecule has 4 heterocycles. The first-order valence-corrected chi connectivity index (χ1v) is 39.7. The Morgan fingerprint density at radius 2 is 0.796 bits per heavy atom. The number of fused-ring (bicyclic) bond motifs is 4. The van der Waals surface area contributed by atoms with Crippen molar-refractivity contribution in [1.82, 2.24) is 0 Å². The Balaban J connectivity index is 0.000000174. The number of ketones is 5. The van der Waals surface area contributed by atoms with E-state index < -0.39 is 0 Å². The maximum atomic E-state index is 13.1. The number of halogens is 1. The van der Waals surface area contributed by atoms with Crippen molar-refractivity contribution in [2.75, 3.05) is 62.3 Å². The summed E-state index contributed by atoms with van der Waals surface area (Å²) in [6, 6.07) is 29.4. The standard InChI is InChI=1S/C24H32N2O2S.C22H31N3O2S.C18H21FN2OS.C18H22N2OS.CH4/c1-15(27)20-14-29-22-18(11-24(5,6)12-19(22)26-20)25-17-9-7-16(8-10-17)21(28)13-23(2,3)4;1-6-25(7-2)15-8-9-16(20(27)10-15)23-17-11-22(4,5)12-18-21(17)28-13-19(24-18)14(3)26;1-11(22)16-10-23-17-14(8-18(2,3)9-15(17)21-16)20-13-6-4-12(19)5-7-13;1-12(21)16-11-22-17-14(19-13-7-5-4-6-8-13)9-18(2,3)10-15(17)20-16;/h7-10,20,25H,11-14H2,1-6H3;8-10,19,23,27H,6-7,11-13H2,1-5H3;4-7,16,20H,8-10H2,1-3H3;4-8,16,19H,9-11H2,1-3H3;1H4. The van der Waals surface area contributed by atoms with Crippen molar-refractivity contribution in [3.05, 3.63) is 151 Å². The predicted molar refractivity (Wildman–Crippen MR) is 438 cm³/mol. The Labute approximate surface area is 629 Å². The van der Waals surface area contributed by atoms with E-state index in [2.05, 4.69) is 128 Å². The molecule has 0 spiro atoms. The average Bonchev–Trinajstić information content (AvgIpc) is 0.798. The van der Waals surface area contributed by atoms with Gasteiger partial charge >= 0.3 is 0 Å². The summed E-state index contributed by atoms with van der Waals surface area (Å²) in [5, 5.41) is 24.7. The van der Waals surface area contributed by atoms with Crippen molar-refractivity contribution in [3.63, 3.8) is 0 Å². The summed E-state index contributed by atoms with van der Waals surface area (Å²) in [5.74, 6) is 3.60. The number of nitrogens with one attached hydrogen (secondary N) is 4. The Hall–Kier alpha value is -7.00. The van der Waals surface area contributed by atoms with Crippen molar-refractivity contribution in [2.24, 2.45) is 47.0 Å². The molecule has 0 aromatic heterocycles. The van der Waals surface area contributed by atoms with E-state index in [1.165, 1.54) is 33.3 Å². The minimum absolute atomic E-state index is 0.